The van der Waals surface area contributed by atoms with E-state index < -0.39 is 16.9 Å². The van der Waals surface area contributed by atoms with Crippen LogP contribution in [0.4, 0.5) is 5.69 Å². The molecule has 120 valence electrons. The van der Waals surface area contributed by atoms with Crippen LogP contribution in [0, 0.1) is 16.0 Å². The van der Waals surface area contributed by atoms with Gasteiger partial charge in [0.15, 0.2) is 0 Å². The molecule has 0 saturated carbocycles. The number of non-ortho nitro benzene ring substituents is 1. The molecule has 0 aliphatic rings. The first-order valence-corrected chi connectivity index (χ1v) is 7.00. The van der Waals surface area contributed by atoms with E-state index in [0.29, 0.717) is 12.0 Å². The Hall–Kier alpha value is -2.44. The van der Waals surface area contributed by atoms with Crippen molar-refractivity contribution < 1.29 is 19.2 Å². The molecule has 0 aliphatic carbocycles. The van der Waals surface area contributed by atoms with Gasteiger partial charge in [0, 0.05) is 24.5 Å². The number of hydrogen-bond acceptors (Lipinski definition) is 5. The van der Waals surface area contributed by atoms with E-state index in [1.54, 1.807) is 19.1 Å². The molecule has 0 aromatic heterocycles. The van der Waals surface area contributed by atoms with Crippen molar-refractivity contribution in [2.24, 2.45) is 5.92 Å². The number of benzene rings is 1. The Morgan fingerprint density at radius 3 is 2.36 bits per heavy atom. The zero-order valence-electron chi connectivity index (χ0n) is 12.9. The van der Waals surface area contributed by atoms with E-state index in [1.807, 2.05) is 6.92 Å². The lowest BCUT2D eigenvalue weighted by molar-refractivity contribution is -0.384. The van der Waals surface area contributed by atoms with E-state index in [1.165, 1.54) is 19.2 Å². The third-order valence-electron chi connectivity index (χ3n) is 3.45. The van der Waals surface area contributed by atoms with Crippen molar-refractivity contribution in [3.8, 4) is 0 Å². The van der Waals surface area contributed by atoms with Gasteiger partial charge in [-0.25, -0.2) is 4.79 Å². The Morgan fingerprint density at radius 1 is 1.32 bits per heavy atom. The van der Waals surface area contributed by atoms with Crippen LogP contribution in [0.2, 0.25) is 0 Å². The monoisotopic (exact) mass is 308 g/mol. The van der Waals surface area contributed by atoms with Crippen molar-refractivity contribution in [1.82, 2.24) is 5.32 Å². The molecule has 1 rings (SSSR count). The van der Waals surface area contributed by atoms with Crippen LogP contribution in [0.5, 0.6) is 0 Å². The van der Waals surface area contributed by atoms with Crippen LogP contribution in [0.3, 0.4) is 0 Å². The van der Waals surface area contributed by atoms with Gasteiger partial charge in [0.25, 0.3) is 5.69 Å². The number of nitro groups is 1. The van der Waals surface area contributed by atoms with E-state index in [-0.39, 0.29) is 23.9 Å². The molecule has 1 aromatic rings. The largest absolute Gasteiger partial charge is 0.467 e. The fraction of sp³-hybridized carbons (Fsp3) is 0.467. The average molecular weight is 308 g/mol. The molecule has 7 heteroatoms. The highest BCUT2D eigenvalue weighted by Crippen LogP contribution is 2.14. The fourth-order valence-electron chi connectivity index (χ4n) is 1.82. The van der Waals surface area contributed by atoms with Gasteiger partial charge in [-0.2, -0.15) is 0 Å². The number of carbonyl (C=O) groups excluding carboxylic acids is 2. The Labute approximate surface area is 128 Å². The maximum absolute atomic E-state index is 11.9. The van der Waals surface area contributed by atoms with Crippen LogP contribution in [0.1, 0.15) is 25.8 Å². The number of ether oxygens (including phenoxy) is 1. The van der Waals surface area contributed by atoms with E-state index >= 15 is 0 Å². The molecular formula is C15H20N2O5. The molecule has 0 heterocycles. The third-order valence-corrected chi connectivity index (χ3v) is 3.45. The van der Waals surface area contributed by atoms with Gasteiger partial charge in [0.05, 0.1) is 12.0 Å². The number of hydrogen-bond donors (Lipinski definition) is 1. The van der Waals surface area contributed by atoms with Crippen molar-refractivity contribution in [2.75, 3.05) is 7.11 Å². The Morgan fingerprint density at radius 2 is 1.91 bits per heavy atom. The van der Waals surface area contributed by atoms with E-state index in [4.69, 9.17) is 4.74 Å². The molecule has 0 fully saturated rings. The molecule has 2 atom stereocenters. The van der Waals surface area contributed by atoms with Crippen LogP contribution < -0.4 is 5.32 Å². The van der Waals surface area contributed by atoms with E-state index in [0.717, 1.165) is 0 Å². The fourth-order valence-corrected chi connectivity index (χ4v) is 1.82. The Balaban J connectivity index is 2.82. The predicted molar refractivity (Wildman–Crippen MR) is 80.2 cm³/mol. The zero-order chi connectivity index (χ0) is 16.7. The Kier molecular flexibility index (Phi) is 6.49. The number of methoxy groups -OCH3 is 1. The van der Waals surface area contributed by atoms with Crippen molar-refractivity contribution in [3.05, 3.63) is 39.9 Å². The van der Waals surface area contributed by atoms with Crippen molar-refractivity contribution in [3.63, 3.8) is 0 Å². The summed E-state index contributed by atoms with van der Waals surface area (Å²) < 4.78 is 4.70. The van der Waals surface area contributed by atoms with Crippen LogP contribution in [0.25, 0.3) is 0 Å². The van der Waals surface area contributed by atoms with Crippen LogP contribution in [-0.2, 0) is 20.7 Å². The molecule has 0 bridgehead atoms. The van der Waals surface area contributed by atoms with Crippen molar-refractivity contribution in [2.45, 2.75) is 32.7 Å². The number of esters is 1. The Bertz CT molecular complexity index is 541. The van der Waals surface area contributed by atoms with Gasteiger partial charge >= 0.3 is 5.97 Å². The van der Waals surface area contributed by atoms with Crippen LogP contribution in [0.15, 0.2) is 24.3 Å². The lowest BCUT2D eigenvalue weighted by atomic mass is 10.0. The molecule has 1 aromatic carbocycles. The number of nitrogens with zero attached hydrogens (tertiary/aromatic N) is 1. The van der Waals surface area contributed by atoms with Crippen molar-refractivity contribution >= 4 is 17.6 Å². The summed E-state index contributed by atoms with van der Waals surface area (Å²) in [4.78, 5) is 33.8. The summed E-state index contributed by atoms with van der Waals surface area (Å²) in [6.07, 6.45) is 0.879. The summed E-state index contributed by atoms with van der Waals surface area (Å²) in [7, 11) is 1.25. The summed E-state index contributed by atoms with van der Waals surface area (Å²) in [5.74, 6) is -0.973. The van der Waals surface area contributed by atoms with Gasteiger partial charge in [-0.15, -0.1) is 0 Å². The molecular weight excluding hydrogens is 288 g/mol. The second kappa shape index (κ2) is 8.11. The molecule has 7 nitrogen and oxygen atoms in total. The second-order valence-electron chi connectivity index (χ2n) is 5.02. The lowest BCUT2D eigenvalue weighted by Gasteiger charge is -2.18. The van der Waals surface area contributed by atoms with E-state index in [2.05, 4.69) is 5.32 Å². The quantitative estimate of drug-likeness (QED) is 0.471. The summed E-state index contributed by atoms with van der Waals surface area (Å²) in [5.41, 5.74) is 0.674. The van der Waals surface area contributed by atoms with Gasteiger partial charge in [0.2, 0.25) is 5.91 Å². The highest BCUT2D eigenvalue weighted by molar-refractivity contribution is 5.85. The molecule has 0 saturated heterocycles. The first kappa shape index (κ1) is 17.6. The summed E-state index contributed by atoms with van der Waals surface area (Å²) in [6.45, 7) is 3.66. The van der Waals surface area contributed by atoms with Gasteiger partial charge in [-0.05, 0) is 12.0 Å². The summed E-state index contributed by atoms with van der Waals surface area (Å²) >= 11 is 0. The zero-order valence-corrected chi connectivity index (χ0v) is 12.9. The number of carbonyl (C=O) groups is 2. The molecule has 22 heavy (non-hydrogen) atoms. The van der Waals surface area contributed by atoms with Crippen LogP contribution in [-0.4, -0.2) is 30.0 Å². The highest BCUT2D eigenvalue weighted by Gasteiger charge is 2.24. The average Bonchev–Trinajstić information content (AvgIpc) is 2.52. The third kappa shape index (κ3) is 4.83. The van der Waals surface area contributed by atoms with Crippen LogP contribution >= 0.6 is 0 Å². The highest BCUT2D eigenvalue weighted by atomic mass is 16.6. The molecule has 1 amide bonds. The smallest absolute Gasteiger partial charge is 0.328 e. The molecule has 0 radical (unpaired) electrons. The lowest BCUT2D eigenvalue weighted by Crippen LogP contribution is -2.45. The number of amides is 1. The maximum Gasteiger partial charge on any atom is 0.328 e. The standard InChI is InChI=1S/C15H20N2O5/c1-4-10(2)14(18)16-13(15(19)22-3)9-11-5-7-12(8-6-11)17(20)21/h5-8,10,13H,4,9H2,1-3H3,(H,16,18)/t10-,13+/m1/s1. The van der Waals surface area contributed by atoms with Crippen molar-refractivity contribution in [1.29, 1.82) is 0 Å². The minimum absolute atomic E-state index is 0.0259. The number of nitro benzene ring substituents is 1. The number of nitrogens with one attached hydrogen (secondary N) is 1. The topological polar surface area (TPSA) is 98.5 Å². The number of rotatable bonds is 7. The molecule has 0 aliphatic heterocycles. The maximum atomic E-state index is 11.9. The van der Waals surface area contributed by atoms with Gasteiger partial charge < -0.3 is 10.1 Å². The normalized spacial score (nSPS) is 13.0. The minimum Gasteiger partial charge on any atom is -0.467 e. The molecule has 0 unspecified atom stereocenters. The first-order valence-electron chi connectivity index (χ1n) is 7.00. The molecule has 0 spiro atoms. The SMILES string of the molecule is CC[C@@H](C)C(=O)N[C@@H](Cc1ccc([N+](=O)[O-])cc1)C(=O)OC. The van der Waals surface area contributed by atoms with Gasteiger partial charge in [0.1, 0.15) is 6.04 Å². The van der Waals surface area contributed by atoms with Gasteiger partial charge in [-0.1, -0.05) is 26.0 Å². The van der Waals surface area contributed by atoms with E-state index in [9.17, 15) is 19.7 Å². The van der Waals surface area contributed by atoms with Gasteiger partial charge in [-0.3, -0.25) is 14.9 Å². The second-order valence-corrected chi connectivity index (χ2v) is 5.02. The summed E-state index contributed by atoms with van der Waals surface area (Å²) in [5, 5.41) is 13.3. The first-order chi connectivity index (χ1) is 10.4. The summed E-state index contributed by atoms with van der Waals surface area (Å²) in [6, 6.07) is 5.03. The minimum atomic E-state index is -0.812. The molecule has 1 N–H and O–H groups in total. The predicted octanol–water partition coefficient (Wildman–Crippen LogP) is 1.84.